The molecule has 33 heavy (non-hydrogen) atoms. The fraction of sp³-hybridized carbons (Fsp3) is 0.500. The fourth-order valence-corrected chi connectivity index (χ4v) is 4.79. The van der Waals surface area contributed by atoms with Gasteiger partial charge in [-0.1, -0.05) is 12.1 Å². The molecule has 0 N–H and O–H groups in total. The van der Waals surface area contributed by atoms with Crippen molar-refractivity contribution in [3.05, 3.63) is 29.6 Å². The monoisotopic (exact) mass is 494 g/mol. The molecule has 11 heteroatoms. The summed E-state index contributed by atoms with van der Waals surface area (Å²) in [6.07, 6.45) is 1.96. The van der Waals surface area contributed by atoms with E-state index in [-0.39, 0.29) is 5.91 Å². The van der Waals surface area contributed by atoms with E-state index in [0.717, 1.165) is 18.2 Å². The predicted octanol–water partition coefficient (Wildman–Crippen LogP) is 3.57. The molecule has 2 aromatic rings. The Bertz CT molecular complexity index is 1140. The van der Waals surface area contributed by atoms with Crippen molar-refractivity contribution >= 4 is 44.2 Å². The van der Waals surface area contributed by atoms with Gasteiger partial charge in [0, 0.05) is 31.6 Å². The van der Waals surface area contributed by atoms with Crippen LogP contribution in [0.4, 0.5) is 15.6 Å². The first-order valence-electron chi connectivity index (χ1n) is 10.5. The maximum Gasteiger partial charge on any atom is 0.410 e. The van der Waals surface area contributed by atoms with Gasteiger partial charge in [0.1, 0.15) is 11.6 Å². The molecule has 1 atom stereocenters. The van der Waals surface area contributed by atoms with E-state index in [0.29, 0.717) is 29.5 Å². The van der Waals surface area contributed by atoms with E-state index in [1.165, 1.54) is 32.5 Å². The molecular weight excluding hydrogens is 464 g/mol. The van der Waals surface area contributed by atoms with Crippen molar-refractivity contribution in [2.45, 2.75) is 45.3 Å². The van der Waals surface area contributed by atoms with Gasteiger partial charge in [-0.05, 0) is 45.7 Å². The van der Waals surface area contributed by atoms with Crippen LogP contribution in [0, 0.1) is 0 Å². The second-order valence-corrected chi connectivity index (χ2v) is 11.9. The average molecular weight is 495 g/mol. The van der Waals surface area contributed by atoms with Crippen molar-refractivity contribution in [1.82, 2.24) is 9.88 Å². The van der Waals surface area contributed by atoms with E-state index in [1.54, 1.807) is 46.0 Å². The SMILES string of the molecule is CN(C(=O)[C@@H]1CCCN1C(=O)OC(C)(C)C)c1nc(-c2cccc(N(C)S(C)(=O)=O)c2)cs1. The number of hydrogen-bond donors (Lipinski definition) is 0. The first-order valence-corrected chi connectivity index (χ1v) is 13.3. The summed E-state index contributed by atoms with van der Waals surface area (Å²) in [6, 6.07) is 6.45. The number of nitrogens with zero attached hydrogens (tertiary/aromatic N) is 4. The lowest BCUT2D eigenvalue weighted by atomic mass is 10.1. The van der Waals surface area contributed by atoms with Gasteiger partial charge >= 0.3 is 6.09 Å². The Balaban J connectivity index is 1.78. The molecule has 1 aliphatic heterocycles. The Kier molecular flexibility index (Phi) is 7.04. The molecule has 0 aliphatic carbocycles. The summed E-state index contributed by atoms with van der Waals surface area (Å²) in [6.45, 7) is 5.86. The highest BCUT2D eigenvalue weighted by Crippen LogP contribution is 2.31. The highest BCUT2D eigenvalue weighted by atomic mass is 32.2. The summed E-state index contributed by atoms with van der Waals surface area (Å²) in [5.74, 6) is -0.218. The third-order valence-corrected chi connectivity index (χ3v) is 7.40. The van der Waals surface area contributed by atoms with Gasteiger partial charge in [-0.3, -0.25) is 18.9 Å². The summed E-state index contributed by atoms with van der Waals surface area (Å²) in [5.41, 5.74) is 1.26. The van der Waals surface area contributed by atoms with Crippen LogP contribution in [0.2, 0.25) is 0 Å². The zero-order valence-corrected chi connectivity index (χ0v) is 21.4. The van der Waals surface area contributed by atoms with Crippen LogP contribution in [0.3, 0.4) is 0 Å². The second kappa shape index (κ2) is 9.30. The van der Waals surface area contributed by atoms with Crippen LogP contribution in [0.1, 0.15) is 33.6 Å². The number of ether oxygens (including phenoxy) is 1. The Hall–Kier alpha value is -2.66. The summed E-state index contributed by atoms with van der Waals surface area (Å²) < 4.78 is 30.4. The van der Waals surface area contributed by atoms with Gasteiger partial charge in [0.25, 0.3) is 5.91 Å². The number of sulfonamides is 1. The molecule has 0 spiro atoms. The number of carbonyl (C=O) groups is 2. The smallest absolute Gasteiger partial charge is 0.410 e. The Morgan fingerprint density at radius 3 is 2.58 bits per heavy atom. The van der Waals surface area contributed by atoms with E-state index in [2.05, 4.69) is 4.98 Å². The molecule has 0 unspecified atom stereocenters. The summed E-state index contributed by atoms with van der Waals surface area (Å²) in [4.78, 5) is 33.3. The fourth-order valence-electron chi connectivity index (χ4n) is 3.48. The Labute approximate surface area is 199 Å². The van der Waals surface area contributed by atoms with Crippen molar-refractivity contribution in [2.24, 2.45) is 0 Å². The van der Waals surface area contributed by atoms with Gasteiger partial charge < -0.3 is 4.74 Å². The zero-order valence-electron chi connectivity index (χ0n) is 19.7. The van der Waals surface area contributed by atoms with Gasteiger partial charge in [-0.25, -0.2) is 18.2 Å². The van der Waals surface area contributed by atoms with Crippen LogP contribution in [0.15, 0.2) is 29.6 Å². The maximum absolute atomic E-state index is 13.2. The van der Waals surface area contributed by atoms with Crippen molar-refractivity contribution in [3.8, 4) is 11.3 Å². The molecule has 0 bridgehead atoms. The van der Waals surface area contributed by atoms with Crippen molar-refractivity contribution in [1.29, 1.82) is 0 Å². The Morgan fingerprint density at radius 1 is 1.24 bits per heavy atom. The van der Waals surface area contributed by atoms with Crippen molar-refractivity contribution in [3.63, 3.8) is 0 Å². The second-order valence-electron chi connectivity index (χ2n) is 9.03. The molecule has 2 amide bonds. The van der Waals surface area contributed by atoms with Crippen LogP contribution in [0.25, 0.3) is 11.3 Å². The topological polar surface area (TPSA) is 100 Å². The molecule has 3 rings (SSSR count). The highest BCUT2D eigenvalue weighted by molar-refractivity contribution is 7.92. The zero-order chi connectivity index (χ0) is 24.6. The number of aromatic nitrogens is 1. The number of hydrogen-bond acceptors (Lipinski definition) is 7. The first kappa shape index (κ1) is 25.0. The van der Waals surface area contributed by atoms with Crippen LogP contribution in [-0.4, -0.2) is 68.8 Å². The minimum Gasteiger partial charge on any atom is -0.444 e. The quantitative estimate of drug-likeness (QED) is 0.630. The van der Waals surface area contributed by atoms with Crippen molar-refractivity contribution < 1.29 is 22.7 Å². The molecule has 1 aliphatic rings. The summed E-state index contributed by atoms with van der Waals surface area (Å²) in [7, 11) is -0.253. The van der Waals surface area contributed by atoms with Crippen molar-refractivity contribution in [2.75, 3.05) is 36.1 Å². The molecule has 0 radical (unpaired) electrons. The lowest BCUT2D eigenvalue weighted by Gasteiger charge is -2.29. The van der Waals surface area contributed by atoms with E-state index in [4.69, 9.17) is 4.74 Å². The van der Waals surface area contributed by atoms with E-state index >= 15 is 0 Å². The number of likely N-dealkylation sites (N-methyl/N-ethyl adjacent to an activating group) is 1. The number of carbonyl (C=O) groups excluding carboxylic acids is 2. The molecule has 1 saturated heterocycles. The molecule has 180 valence electrons. The summed E-state index contributed by atoms with van der Waals surface area (Å²) in [5, 5.41) is 2.31. The number of benzene rings is 1. The molecule has 1 aromatic carbocycles. The number of thiazole rings is 1. The largest absolute Gasteiger partial charge is 0.444 e. The van der Waals surface area contributed by atoms with Crippen LogP contribution < -0.4 is 9.21 Å². The molecule has 0 saturated carbocycles. The van der Waals surface area contributed by atoms with Gasteiger partial charge in [0.05, 0.1) is 17.6 Å². The van der Waals surface area contributed by atoms with Gasteiger partial charge in [0.15, 0.2) is 5.13 Å². The Morgan fingerprint density at radius 2 is 1.94 bits per heavy atom. The number of likely N-dealkylation sites (tertiary alicyclic amines) is 1. The maximum atomic E-state index is 13.2. The lowest BCUT2D eigenvalue weighted by Crippen LogP contribution is -2.48. The summed E-state index contributed by atoms with van der Waals surface area (Å²) >= 11 is 1.31. The van der Waals surface area contributed by atoms with Crippen LogP contribution in [0.5, 0.6) is 0 Å². The minimum atomic E-state index is -3.39. The van der Waals surface area contributed by atoms with E-state index in [1.807, 2.05) is 11.4 Å². The standard InChI is InChI=1S/C22H30N4O5S2/c1-22(2,3)31-21(28)26-12-8-11-18(26)19(27)24(4)20-23-17(14-32-20)15-9-7-10-16(13-15)25(5)33(6,29)30/h7,9-10,13-14,18H,8,11-12H2,1-6H3/t18-/m0/s1. The average Bonchev–Trinajstić information content (AvgIpc) is 3.40. The molecular formula is C22H30N4O5S2. The highest BCUT2D eigenvalue weighted by Gasteiger charge is 2.38. The number of rotatable bonds is 5. The lowest BCUT2D eigenvalue weighted by molar-refractivity contribution is -0.122. The number of anilines is 2. The van der Waals surface area contributed by atoms with Gasteiger partial charge in [-0.2, -0.15) is 0 Å². The molecule has 1 aromatic heterocycles. The van der Waals surface area contributed by atoms with Gasteiger partial charge in [0.2, 0.25) is 10.0 Å². The molecule has 2 heterocycles. The molecule has 1 fully saturated rings. The van der Waals surface area contributed by atoms with Crippen LogP contribution >= 0.6 is 11.3 Å². The number of amides is 2. The van der Waals surface area contributed by atoms with Crippen LogP contribution in [-0.2, 0) is 19.6 Å². The van der Waals surface area contributed by atoms with E-state index in [9.17, 15) is 18.0 Å². The first-order chi connectivity index (χ1) is 15.3. The predicted molar refractivity (Wildman–Crippen MR) is 130 cm³/mol. The third-order valence-electron chi connectivity index (χ3n) is 5.28. The third kappa shape index (κ3) is 5.83. The normalized spacial score (nSPS) is 16.5. The minimum absolute atomic E-state index is 0.218. The molecule has 9 nitrogen and oxygen atoms in total. The van der Waals surface area contributed by atoms with E-state index < -0.39 is 27.8 Å². The van der Waals surface area contributed by atoms with Gasteiger partial charge in [-0.15, -0.1) is 11.3 Å².